The number of carbonyl (C=O) groups excluding carboxylic acids is 1. The molecule has 2 aromatic rings. The zero-order chi connectivity index (χ0) is 14.4. The highest BCUT2D eigenvalue weighted by molar-refractivity contribution is 6.31. The monoisotopic (exact) mass is 291 g/mol. The average Bonchev–Trinajstić information content (AvgIpc) is 2.44. The number of amides is 1. The molecule has 1 N–H and O–H groups in total. The molecular weight excluding hydrogens is 278 g/mol. The van der Waals surface area contributed by atoms with Gasteiger partial charge in [-0.15, -0.1) is 0 Å². The number of hydrogen-bond acceptors (Lipinski definition) is 4. The number of carbonyl (C=O) groups is 1. The first-order chi connectivity index (χ1) is 9.65. The number of ether oxygens (including phenoxy) is 1. The molecule has 5 nitrogen and oxygen atoms in total. The second-order valence-corrected chi connectivity index (χ2v) is 4.54. The molecule has 104 valence electrons. The molecule has 1 amide bonds. The van der Waals surface area contributed by atoms with Gasteiger partial charge in [0.25, 0.3) is 5.91 Å². The van der Waals surface area contributed by atoms with Crippen molar-refractivity contribution in [2.24, 2.45) is 0 Å². The van der Waals surface area contributed by atoms with Gasteiger partial charge in [-0.25, -0.2) is 9.97 Å². The molecule has 0 saturated heterocycles. The number of benzene rings is 1. The summed E-state index contributed by atoms with van der Waals surface area (Å²) < 4.78 is 5.20. The number of nitrogens with one attached hydrogen (secondary N) is 1. The van der Waals surface area contributed by atoms with Gasteiger partial charge in [0.15, 0.2) is 6.61 Å². The van der Waals surface area contributed by atoms with Crippen LogP contribution in [-0.4, -0.2) is 22.5 Å². The molecule has 0 radical (unpaired) electrons. The Morgan fingerprint density at radius 1 is 1.35 bits per heavy atom. The second kappa shape index (κ2) is 6.86. The van der Waals surface area contributed by atoms with Crippen molar-refractivity contribution in [3.63, 3.8) is 0 Å². The molecular formula is C14H14ClN3O2. The summed E-state index contributed by atoms with van der Waals surface area (Å²) in [5.41, 5.74) is 1.64. The summed E-state index contributed by atoms with van der Waals surface area (Å²) in [5, 5.41) is 3.34. The van der Waals surface area contributed by atoms with Gasteiger partial charge in [-0.1, -0.05) is 29.8 Å². The lowest BCUT2D eigenvalue weighted by atomic mass is 10.2. The highest BCUT2D eigenvalue weighted by Gasteiger charge is 2.06. The second-order valence-electron chi connectivity index (χ2n) is 4.14. The fraction of sp³-hybridized carbons (Fsp3) is 0.214. The Morgan fingerprint density at radius 2 is 2.15 bits per heavy atom. The van der Waals surface area contributed by atoms with E-state index in [-0.39, 0.29) is 18.5 Å². The van der Waals surface area contributed by atoms with Crippen LogP contribution >= 0.6 is 11.6 Å². The fourth-order valence-corrected chi connectivity index (χ4v) is 1.71. The molecule has 1 heterocycles. The first-order valence-corrected chi connectivity index (χ1v) is 6.45. The normalized spacial score (nSPS) is 10.1. The highest BCUT2D eigenvalue weighted by atomic mass is 35.5. The third kappa shape index (κ3) is 4.20. The molecule has 1 aromatic carbocycles. The number of hydrogen-bond donors (Lipinski definition) is 1. The molecule has 0 fully saturated rings. The van der Waals surface area contributed by atoms with Crippen molar-refractivity contribution in [1.29, 1.82) is 0 Å². The zero-order valence-corrected chi connectivity index (χ0v) is 11.7. The maximum Gasteiger partial charge on any atom is 0.317 e. The van der Waals surface area contributed by atoms with E-state index in [0.29, 0.717) is 11.6 Å². The molecule has 0 unspecified atom stereocenters. The van der Waals surface area contributed by atoms with Crippen LogP contribution in [0, 0.1) is 6.92 Å². The smallest absolute Gasteiger partial charge is 0.317 e. The minimum Gasteiger partial charge on any atom is -0.453 e. The van der Waals surface area contributed by atoms with E-state index in [9.17, 15) is 4.79 Å². The highest BCUT2D eigenvalue weighted by Crippen LogP contribution is 2.14. The van der Waals surface area contributed by atoms with Crippen LogP contribution in [0.25, 0.3) is 0 Å². The van der Waals surface area contributed by atoms with Gasteiger partial charge < -0.3 is 10.1 Å². The van der Waals surface area contributed by atoms with Crippen LogP contribution in [0.5, 0.6) is 6.01 Å². The molecule has 0 aliphatic heterocycles. The molecule has 0 aliphatic carbocycles. The predicted molar refractivity (Wildman–Crippen MR) is 75.6 cm³/mol. The van der Waals surface area contributed by atoms with Crippen LogP contribution in [0.4, 0.5) is 0 Å². The summed E-state index contributed by atoms with van der Waals surface area (Å²) in [5.74, 6) is -0.255. The number of aryl methyl sites for hydroxylation is 1. The Hall–Kier alpha value is -2.14. The molecule has 1 aromatic heterocycles. The summed E-state index contributed by atoms with van der Waals surface area (Å²) in [6.45, 7) is 2.05. The minimum atomic E-state index is -0.255. The predicted octanol–water partition coefficient (Wildman–Crippen LogP) is 2.13. The number of nitrogens with zero attached hydrogens (tertiary/aromatic N) is 2. The molecule has 0 saturated carbocycles. The quantitative estimate of drug-likeness (QED) is 0.916. The Morgan fingerprint density at radius 3 is 2.90 bits per heavy atom. The van der Waals surface area contributed by atoms with Crippen molar-refractivity contribution in [2.45, 2.75) is 13.5 Å². The van der Waals surface area contributed by atoms with Gasteiger partial charge in [0.05, 0.1) is 0 Å². The summed E-state index contributed by atoms with van der Waals surface area (Å²) >= 11 is 6.00. The largest absolute Gasteiger partial charge is 0.453 e. The molecule has 0 atom stereocenters. The van der Waals surface area contributed by atoms with Crippen LogP contribution in [0.15, 0.2) is 36.5 Å². The first-order valence-electron chi connectivity index (χ1n) is 6.07. The zero-order valence-electron chi connectivity index (χ0n) is 11.0. The van der Waals surface area contributed by atoms with Crippen LogP contribution in [0.3, 0.4) is 0 Å². The first kappa shape index (κ1) is 14.3. The van der Waals surface area contributed by atoms with Gasteiger partial charge in [0, 0.05) is 23.5 Å². The van der Waals surface area contributed by atoms with E-state index in [2.05, 4.69) is 15.3 Å². The van der Waals surface area contributed by atoms with Crippen molar-refractivity contribution in [3.05, 3.63) is 52.8 Å². The van der Waals surface area contributed by atoms with Crippen LogP contribution < -0.4 is 10.1 Å². The summed E-state index contributed by atoms with van der Waals surface area (Å²) in [6.07, 6.45) is 1.58. The van der Waals surface area contributed by atoms with Crippen LogP contribution in [0.2, 0.25) is 5.02 Å². The standard InChI is InChI=1S/C14H14ClN3O2/c1-10-6-7-16-14(18-10)20-9-13(19)17-8-11-4-2-3-5-12(11)15/h2-7H,8-9H2,1H3,(H,17,19). The third-order valence-corrected chi connectivity index (χ3v) is 2.91. The van der Waals surface area contributed by atoms with Gasteiger partial charge in [-0.3, -0.25) is 4.79 Å². The van der Waals surface area contributed by atoms with Gasteiger partial charge in [0.1, 0.15) is 0 Å². The Labute approximate surface area is 122 Å². The molecule has 20 heavy (non-hydrogen) atoms. The molecule has 0 bridgehead atoms. The fourth-order valence-electron chi connectivity index (χ4n) is 1.51. The van der Waals surface area contributed by atoms with Crippen molar-refractivity contribution < 1.29 is 9.53 Å². The maximum absolute atomic E-state index is 11.7. The Balaban J connectivity index is 1.80. The van der Waals surface area contributed by atoms with Crippen molar-refractivity contribution in [1.82, 2.24) is 15.3 Å². The topological polar surface area (TPSA) is 64.1 Å². The summed E-state index contributed by atoms with van der Waals surface area (Å²) in [6, 6.07) is 9.28. The van der Waals surface area contributed by atoms with Gasteiger partial charge in [0.2, 0.25) is 0 Å². The van der Waals surface area contributed by atoms with E-state index >= 15 is 0 Å². The number of rotatable bonds is 5. The van der Waals surface area contributed by atoms with Crippen molar-refractivity contribution in [2.75, 3.05) is 6.61 Å². The lowest BCUT2D eigenvalue weighted by Crippen LogP contribution is -2.28. The SMILES string of the molecule is Cc1ccnc(OCC(=O)NCc2ccccc2Cl)n1. The molecule has 6 heteroatoms. The van der Waals surface area contributed by atoms with E-state index < -0.39 is 0 Å². The van der Waals surface area contributed by atoms with E-state index in [1.54, 1.807) is 18.3 Å². The van der Waals surface area contributed by atoms with Crippen LogP contribution in [0.1, 0.15) is 11.3 Å². The molecule has 2 rings (SSSR count). The lowest BCUT2D eigenvalue weighted by molar-refractivity contribution is -0.123. The van der Waals surface area contributed by atoms with Crippen molar-refractivity contribution in [3.8, 4) is 6.01 Å². The van der Waals surface area contributed by atoms with Crippen LogP contribution in [-0.2, 0) is 11.3 Å². The van der Waals surface area contributed by atoms with Crippen molar-refractivity contribution >= 4 is 17.5 Å². The van der Waals surface area contributed by atoms with E-state index in [1.807, 2.05) is 25.1 Å². The summed E-state index contributed by atoms with van der Waals surface area (Å²) in [7, 11) is 0. The Kier molecular flexibility index (Phi) is 4.90. The molecule has 0 aliphatic rings. The molecule has 0 spiro atoms. The average molecular weight is 292 g/mol. The van der Waals surface area contributed by atoms with Gasteiger partial charge in [-0.05, 0) is 24.6 Å². The van der Waals surface area contributed by atoms with Gasteiger partial charge in [-0.2, -0.15) is 0 Å². The maximum atomic E-state index is 11.7. The number of halogens is 1. The number of aromatic nitrogens is 2. The van der Waals surface area contributed by atoms with E-state index in [0.717, 1.165) is 11.3 Å². The van der Waals surface area contributed by atoms with E-state index in [1.165, 1.54) is 0 Å². The minimum absolute atomic E-state index is 0.131. The van der Waals surface area contributed by atoms with Gasteiger partial charge >= 0.3 is 6.01 Å². The third-order valence-electron chi connectivity index (χ3n) is 2.54. The Bertz CT molecular complexity index is 604. The van der Waals surface area contributed by atoms with E-state index in [4.69, 9.17) is 16.3 Å². The lowest BCUT2D eigenvalue weighted by Gasteiger charge is -2.07. The summed E-state index contributed by atoms with van der Waals surface area (Å²) in [4.78, 5) is 19.6.